The fourth-order valence-electron chi connectivity index (χ4n) is 0.842. The van der Waals surface area contributed by atoms with E-state index in [2.05, 4.69) is 38.0 Å². The van der Waals surface area contributed by atoms with Crippen LogP contribution in [-0.2, 0) is 0 Å². The van der Waals surface area contributed by atoms with E-state index >= 15 is 0 Å². The molecule has 0 atom stereocenters. The second-order valence-corrected chi connectivity index (χ2v) is 3.11. The van der Waals surface area contributed by atoms with Crippen molar-refractivity contribution in [1.29, 1.82) is 0 Å². The van der Waals surface area contributed by atoms with E-state index in [4.69, 9.17) is 0 Å². The van der Waals surface area contributed by atoms with Crippen molar-refractivity contribution in [2.45, 2.75) is 74.4 Å². The smallest absolute Gasteiger partial charge is 0.0936 e. The molecular weight excluding hydrogens is 172 g/mol. The first-order chi connectivity index (χ1) is 6.52. The van der Waals surface area contributed by atoms with E-state index in [0.29, 0.717) is 12.1 Å². The average molecular weight is 202 g/mol. The highest BCUT2D eigenvalue weighted by Crippen LogP contribution is 1.87. The molecule has 0 unspecified atom stereocenters. The predicted octanol–water partition coefficient (Wildman–Crippen LogP) is 3.86. The minimum Gasteiger partial charge on any atom is -0.372 e. The van der Waals surface area contributed by atoms with Crippen LogP contribution < -0.4 is 5.32 Å². The fraction of sp³-hybridized carbons (Fsp3) is 0.917. The maximum atomic E-state index is 4.32. The first kappa shape index (κ1) is 19.1. The summed E-state index contributed by atoms with van der Waals surface area (Å²) in [5, 5.41) is 3.22. The normalized spacial score (nSPS) is 10.1. The van der Waals surface area contributed by atoms with Crippen molar-refractivity contribution in [3.8, 4) is 0 Å². The molecule has 0 saturated heterocycles. The van der Waals surface area contributed by atoms with Crippen molar-refractivity contribution in [1.82, 2.24) is 5.32 Å². The zero-order valence-corrected chi connectivity index (χ0v) is 11.6. The Bertz CT molecular complexity index is 115. The third-order valence-corrected chi connectivity index (χ3v) is 0.949. The Kier molecular flexibility index (Phi) is 20.4. The molecular formula is C12H30N2. The standard InChI is InChI=1S/C8H18N2.2C2H6/c1-6(2)9-8(5)10-7(3)4;2*1-2/h6-7H,1-5H3,(H,9,10);2*1-2H3. The SMILES string of the molecule is CC.CC.CC(=NC(C)C)NC(C)C. The Hall–Kier alpha value is -0.530. The summed E-state index contributed by atoms with van der Waals surface area (Å²) in [7, 11) is 0. The summed E-state index contributed by atoms with van der Waals surface area (Å²) in [6.07, 6.45) is 0. The number of hydrogen-bond donors (Lipinski definition) is 1. The van der Waals surface area contributed by atoms with Crippen LogP contribution in [0.15, 0.2) is 4.99 Å². The van der Waals surface area contributed by atoms with E-state index in [1.165, 1.54) is 0 Å². The zero-order chi connectivity index (χ0) is 12.1. The first-order valence-electron chi connectivity index (χ1n) is 5.83. The van der Waals surface area contributed by atoms with Gasteiger partial charge >= 0.3 is 0 Å². The van der Waals surface area contributed by atoms with Crippen LogP contribution in [0.4, 0.5) is 0 Å². The lowest BCUT2D eigenvalue weighted by molar-refractivity contribution is 0.716. The van der Waals surface area contributed by atoms with Crippen molar-refractivity contribution in [3.63, 3.8) is 0 Å². The summed E-state index contributed by atoms with van der Waals surface area (Å²) in [4.78, 5) is 4.32. The summed E-state index contributed by atoms with van der Waals surface area (Å²) in [6.45, 7) is 18.4. The molecule has 0 aromatic heterocycles. The number of nitrogens with one attached hydrogen (secondary N) is 1. The molecule has 0 aliphatic rings. The Morgan fingerprint density at radius 1 is 0.929 bits per heavy atom. The van der Waals surface area contributed by atoms with Crippen LogP contribution in [0.3, 0.4) is 0 Å². The predicted molar refractivity (Wildman–Crippen MR) is 69.2 cm³/mol. The number of aliphatic imine (C=N–C) groups is 1. The molecule has 88 valence electrons. The first-order valence-corrected chi connectivity index (χ1v) is 5.83. The van der Waals surface area contributed by atoms with E-state index in [1.807, 2.05) is 34.6 Å². The summed E-state index contributed by atoms with van der Waals surface area (Å²) in [5.41, 5.74) is 0. The van der Waals surface area contributed by atoms with Crippen LogP contribution in [-0.4, -0.2) is 17.9 Å². The van der Waals surface area contributed by atoms with Gasteiger partial charge in [0.25, 0.3) is 0 Å². The lowest BCUT2D eigenvalue weighted by atomic mass is 10.4. The van der Waals surface area contributed by atoms with Crippen molar-refractivity contribution in [2.75, 3.05) is 0 Å². The number of rotatable bonds is 2. The molecule has 0 rings (SSSR count). The van der Waals surface area contributed by atoms with Crippen LogP contribution in [0.5, 0.6) is 0 Å². The van der Waals surface area contributed by atoms with Gasteiger partial charge in [-0.15, -0.1) is 0 Å². The highest BCUT2D eigenvalue weighted by molar-refractivity contribution is 5.79. The van der Waals surface area contributed by atoms with Crippen molar-refractivity contribution in [2.24, 2.45) is 4.99 Å². The van der Waals surface area contributed by atoms with Gasteiger partial charge in [0, 0.05) is 12.1 Å². The molecule has 0 bridgehead atoms. The maximum absolute atomic E-state index is 4.32. The molecule has 0 aliphatic heterocycles. The highest BCUT2D eigenvalue weighted by atomic mass is 15.0. The Morgan fingerprint density at radius 2 is 1.29 bits per heavy atom. The van der Waals surface area contributed by atoms with Crippen LogP contribution in [0.2, 0.25) is 0 Å². The van der Waals surface area contributed by atoms with E-state index in [0.717, 1.165) is 5.84 Å². The second-order valence-electron chi connectivity index (χ2n) is 3.11. The molecule has 1 N–H and O–H groups in total. The molecule has 14 heavy (non-hydrogen) atoms. The lowest BCUT2D eigenvalue weighted by Crippen LogP contribution is -2.28. The molecule has 0 aliphatic carbocycles. The Labute approximate surface area is 91.2 Å². The van der Waals surface area contributed by atoms with E-state index in [9.17, 15) is 0 Å². The van der Waals surface area contributed by atoms with Gasteiger partial charge in [0.05, 0.1) is 5.84 Å². The van der Waals surface area contributed by atoms with Crippen molar-refractivity contribution in [3.05, 3.63) is 0 Å². The van der Waals surface area contributed by atoms with Gasteiger partial charge in [-0.05, 0) is 34.6 Å². The molecule has 0 amide bonds. The molecule has 0 spiro atoms. The van der Waals surface area contributed by atoms with Gasteiger partial charge in [-0.25, -0.2) is 0 Å². The summed E-state index contributed by atoms with van der Waals surface area (Å²) < 4.78 is 0. The van der Waals surface area contributed by atoms with Crippen LogP contribution in [0.25, 0.3) is 0 Å². The average Bonchev–Trinajstić information content (AvgIpc) is 2.08. The number of amidine groups is 1. The fourth-order valence-corrected chi connectivity index (χ4v) is 0.842. The molecule has 2 nitrogen and oxygen atoms in total. The van der Waals surface area contributed by atoms with Gasteiger partial charge < -0.3 is 5.32 Å². The van der Waals surface area contributed by atoms with Crippen molar-refractivity contribution < 1.29 is 0 Å². The highest BCUT2D eigenvalue weighted by Gasteiger charge is 1.94. The lowest BCUT2D eigenvalue weighted by Gasteiger charge is -2.09. The van der Waals surface area contributed by atoms with Gasteiger partial charge in [0.1, 0.15) is 0 Å². The van der Waals surface area contributed by atoms with Crippen LogP contribution in [0.1, 0.15) is 62.3 Å². The van der Waals surface area contributed by atoms with Gasteiger partial charge in [-0.1, -0.05) is 27.7 Å². The second kappa shape index (κ2) is 15.0. The van der Waals surface area contributed by atoms with E-state index in [-0.39, 0.29) is 0 Å². The molecule has 0 heterocycles. The summed E-state index contributed by atoms with van der Waals surface area (Å²) in [6, 6.07) is 0.883. The van der Waals surface area contributed by atoms with E-state index < -0.39 is 0 Å². The number of nitrogens with zero attached hydrogens (tertiary/aromatic N) is 1. The zero-order valence-electron chi connectivity index (χ0n) is 11.6. The Morgan fingerprint density at radius 3 is 1.50 bits per heavy atom. The molecule has 0 fully saturated rings. The topological polar surface area (TPSA) is 24.4 Å². The minimum absolute atomic E-state index is 0.395. The quantitative estimate of drug-likeness (QED) is 0.533. The van der Waals surface area contributed by atoms with Crippen molar-refractivity contribution >= 4 is 5.84 Å². The van der Waals surface area contributed by atoms with Crippen LogP contribution in [0, 0.1) is 0 Å². The molecule has 0 radical (unpaired) electrons. The third-order valence-electron chi connectivity index (χ3n) is 0.949. The minimum atomic E-state index is 0.395. The summed E-state index contributed by atoms with van der Waals surface area (Å²) in [5.74, 6) is 1.03. The molecule has 0 saturated carbocycles. The molecule has 0 aromatic carbocycles. The van der Waals surface area contributed by atoms with E-state index in [1.54, 1.807) is 0 Å². The van der Waals surface area contributed by atoms with Crippen LogP contribution >= 0.6 is 0 Å². The van der Waals surface area contributed by atoms with Gasteiger partial charge in [-0.2, -0.15) is 0 Å². The van der Waals surface area contributed by atoms with Gasteiger partial charge in [0.2, 0.25) is 0 Å². The monoisotopic (exact) mass is 202 g/mol. The molecule has 0 aromatic rings. The number of hydrogen-bond acceptors (Lipinski definition) is 1. The largest absolute Gasteiger partial charge is 0.372 e. The maximum Gasteiger partial charge on any atom is 0.0936 e. The van der Waals surface area contributed by atoms with Gasteiger partial charge in [-0.3, -0.25) is 4.99 Å². The Balaban J connectivity index is -0.000000266. The molecule has 2 heteroatoms. The third kappa shape index (κ3) is 22.5. The van der Waals surface area contributed by atoms with Gasteiger partial charge in [0.15, 0.2) is 0 Å². The summed E-state index contributed by atoms with van der Waals surface area (Å²) >= 11 is 0.